The van der Waals surface area contributed by atoms with Gasteiger partial charge < -0.3 is 15.4 Å². The Morgan fingerprint density at radius 1 is 1.37 bits per heavy atom. The highest BCUT2D eigenvalue weighted by Crippen LogP contribution is 2.29. The van der Waals surface area contributed by atoms with Gasteiger partial charge in [-0.3, -0.25) is 0 Å². The van der Waals surface area contributed by atoms with E-state index in [-0.39, 0.29) is 5.28 Å². The van der Waals surface area contributed by atoms with Gasteiger partial charge in [-0.1, -0.05) is 5.47 Å². The van der Waals surface area contributed by atoms with Crippen LogP contribution in [0.5, 0.6) is 0 Å². The number of halogens is 1. The van der Waals surface area contributed by atoms with Crippen molar-refractivity contribution in [3.63, 3.8) is 0 Å². The predicted molar refractivity (Wildman–Crippen MR) is 78.8 cm³/mol. The third-order valence-corrected chi connectivity index (χ3v) is 3.17. The predicted octanol–water partition coefficient (Wildman–Crippen LogP) is 1.90. The van der Waals surface area contributed by atoms with Crippen LogP contribution in [0, 0.1) is 0 Å². The van der Waals surface area contributed by atoms with Gasteiger partial charge in [0.2, 0.25) is 5.28 Å². The van der Waals surface area contributed by atoms with Crippen LogP contribution in [0.15, 0.2) is 6.58 Å². The summed E-state index contributed by atoms with van der Waals surface area (Å²) < 4.78 is 5.33. The maximum absolute atomic E-state index is 5.93. The van der Waals surface area contributed by atoms with E-state index in [1.54, 1.807) is 7.05 Å². The Hall–Kier alpha value is -1.27. The van der Waals surface area contributed by atoms with E-state index < -0.39 is 0 Å². The zero-order chi connectivity index (χ0) is 13.8. The second-order valence-electron chi connectivity index (χ2n) is 4.37. The highest BCUT2D eigenvalue weighted by molar-refractivity contribution is 6.43. The molecule has 0 bridgehead atoms. The summed E-state index contributed by atoms with van der Waals surface area (Å²) in [5.41, 5.74) is 1.06. The Morgan fingerprint density at radius 3 is 2.58 bits per heavy atom. The quantitative estimate of drug-likeness (QED) is 0.651. The fourth-order valence-corrected chi connectivity index (χ4v) is 2.23. The highest BCUT2D eigenvalue weighted by atomic mass is 35.5. The summed E-state index contributed by atoms with van der Waals surface area (Å²) in [4.78, 5) is 8.32. The molecule has 2 N–H and O–H groups in total. The molecule has 0 aliphatic carbocycles. The molecule has 1 aromatic heterocycles. The van der Waals surface area contributed by atoms with E-state index >= 15 is 0 Å². The Kier molecular flexibility index (Phi) is 4.66. The molecular weight excluding hydrogens is 262 g/mol. The average Bonchev–Trinajstić information content (AvgIpc) is 2.38. The van der Waals surface area contributed by atoms with Crippen molar-refractivity contribution in [3.05, 3.63) is 17.4 Å². The standard InChI is InChI=1S/C12H16BClN4O/c1-7(13)9-10(15-2)17-12(14)18-11(9)16-8-3-5-19-6-4-8/h8H,1,3-6H2,2H3,(H2,15,16,17,18). The summed E-state index contributed by atoms with van der Waals surface area (Å²) in [6, 6.07) is 0.294. The van der Waals surface area contributed by atoms with E-state index in [4.69, 9.17) is 24.2 Å². The van der Waals surface area contributed by atoms with E-state index in [2.05, 4.69) is 27.2 Å². The number of nitrogens with one attached hydrogen (secondary N) is 2. The van der Waals surface area contributed by atoms with Crippen LogP contribution in [0.1, 0.15) is 18.4 Å². The van der Waals surface area contributed by atoms with Gasteiger partial charge in [0.05, 0.1) is 5.56 Å². The SMILES string of the molecule is [B]C(=C)c1c(NC)nc(Cl)nc1NC1CCOCC1. The molecule has 0 aromatic carbocycles. The van der Waals surface area contributed by atoms with Crippen LogP contribution in [0.3, 0.4) is 0 Å². The van der Waals surface area contributed by atoms with Gasteiger partial charge in [0.15, 0.2) is 0 Å². The Balaban J connectivity index is 2.31. The molecule has 1 saturated heterocycles. The molecule has 2 rings (SSSR count). The van der Waals surface area contributed by atoms with Crippen LogP contribution >= 0.6 is 11.6 Å². The zero-order valence-electron chi connectivity index (χ0n) is 10.9. The number of hydrogen-bond acceptors (Lipinski definition) is 5. The summed E-state index contributed by atoms with van der Waals surface area (Å²) in [6.07, 6.45) is 1.85. The van der Waals surface area contributed by atoms with Crippen LogP contribution in [0.2, 0.25) is 5.28 Å². The lowest BCUT2D eigenvalue weighted by atomic mass is 9.90. The Bertz CT molecular complexity index is 477. The van der Waals surface area contributed by atoms with Gasteiger partial charge in [-0.15, -0.1) is 6.58 Å². The summed E-state index contributed by atoms with van der Waals surface area (Å²) >= 11 is 5.93. The highest BCUT2D eigenvalue weighted by Gasteiger charge is 2.19. The molecule has 0 spiro atoms. The molecule has 1 aliphatic heterocycles. The number of nitrogens with zero attached hydrogens (tertiary/aromatic N) is 2. The Labute approximate surface area is 119 Å². The minimum atomic E-state index is 0.170. The van der Waals surface area contributed by atoms with E-state index in [9.17, 15) is 0 Å². The number of ether oxygens (including phenoxy) is 1. The first-order valence-electron chi connectivity index (χ1n) is 6.16. The van der Waals surface area contributed by atoms with Gasteiger partial charge >= 0.3 is 0 Å². The molecule has 2 radical (unpaired) electrons. The first-order valence-corrected chi connectivity index (χ1v) is 6.54. The molecule has 1 fully saturated rings. The second kappa shape index (κ2) is 6.26. The fourth-order valence-electron chi connectivity index (χ4n) is 2.06. The van der Waals surface area contributed by atoms with Crippen molar-refractivity contribution < 1.29 is 4.74 Å². The molecule has 0 unspecified atom stereocenters. The van der Waals surface area contributed by atoms with Crippen LogP contribution in [-0.4, -0.2) is 44.1 Å². The molecule has 1 aliphatic rings. The van der Waals surface area contributed by atoms with Crippen LogP contribution < -0.4 is 10.6 Å². The average molecular weight is 279 g/mol. The molecule has 0 atom stereocenters. The first kappa shape index (κ1) is 14.2. The van der Waals surface area contributed by atoms with Crippen molar-refractivity contribution >= 4 is 36.6 Å². The van der Waals surface area contributed by atoms with Crippen LogP contribution in [0.4, 0.5) is 11.6 Å². The van der Waals surface area contributed by atoms with E-state index in [0.717, 1.165) is 26.1 Å². The van der Waals surface area contributed by atoms with Crippen molar-refractivity contribution in [2.45, 2.75) is 18.9 Å². The maximum Gasteiger partial charge on any atom is 0.226 e. The minimum absolute atomic E-state index is 0.170. The van der Waals surface area contributed by atoms with Crippen molar-refractivity contribution in [2.75, 3.05) is 30.9 Å². The molecule has 2 heterocycles. The van der Waals surface area contributed by atoms with Crippen LogP contribution in [0.25, 0.3) is 5.47 Å². The number of rotatable bonds is 4. The molecule has 0 amide bonds. The molecule has 5 nitrogen and oxygen atoms in total. The van der Waals surface area contributed by atoms with Crippen molar-refractivity contribution in [1.29, 1.82) is 0 Å². The summed E-state index contributed by atoms with van der Waals surface area (Å²) in [7, 11) is 7.58. The smallest absolute Gasteiger partial charge is 0.226 e. The van der Waals surface area contributed by atoms with Crippen molar-refractivity contribution in [3.8, 4) is 0 Å². The normalized spacial score (nSPS) is 16.1. The van der Waals surface area contributed by atoms with Gasteiger partial charge in [0.25, 0.3) is 0 Å². The molecule has 100 valence electrons. The molecular formula is C12H16BClN4O. The minimum Gasteiger partial charge on any atom is -0.381 e. The Morgan fingerprint density at radius 2 is 2.00 bits per heavy atom. The number of anilines is 2. The van der Waals surface area contributed by atoms with Gasteiger partial charge in [0, 0.05) is 26.3 Å². The van der Waals surface area contributed by atoms with Crippen LogP contribution in [-0.2, 0) is 4.74 Å². The second-order valence-corrected chi connectivity index (χ2v) is 4.71. The lowest BCUT2D eigenvalue weighted by Gasteiger charge is -2.25. The monoisotopic (exact) mass is 278 g/mol. The van der Waals surface area contributed by atoms with E-state index in [0.29, 0.717) is 28.7 Å². The van der Waals surface area contributed by atoms with Gasteiger partial charge in [0.1, 0.15) is 19.5 Å². The lowest BCUT2D eigenvalue weighted by Crippen LogP contribution is -2.29. The fraction of sp³-hybridized carbons (Fsp3) is 0.500. The summed E-state index contributed by atoms with van der Waals surface area (Å²) in [5.74, 6) is 1.19. The van der Waals surface area contributed by atoms with Crippen molar-refractivity contribution in [1.82, 2.24) is 9.97 Å². The number of aromatic nitrogens is 2. The molecule has 19 heavy (non-hydrogen) atoms. The van der Waals surface area contributed by atoms with E-state index in [1.807, 2.05) is 0 Å². The molecule has 7 heteroatoms. The first-order chi connectivity index (χ1) is 9.11. The molecule has 0 saturated carbocycles. The van der Waals surface area contributed by atoms with Gasteiger partial charge in [-0.2, -0.15) is 0 Å². The maximum atomic E-state index is 5.93. The third-order valence-electron chi connectivity index (χ3n) is 3.00. The van der Waals surface area contributed by atoms with Gasteiger partial charge in [-0.05, 0) is 24.4 Å². The largest absolute Gasteiger partial charge is 0.381 e. The lowest BCUT2D eigenvalue weighted by molar-refractivity contribution is 0.0904. The number of hydrogen-bond donors (Lipinski definition) is 2. The van der Waals surface area contributed by atoms with Crippen molar-refractivity contribution in [2.24, 2.45) is 0 Å². The van der Waals surface area contributed by atoms with Gasteiger partial charge in [-0.25, -0.2) is 9.97 Å². The zero-order valence-corrected chi connectivity index (χ0v) is 11.6. The molecule has 1 aromatic rings. The topological polar surface area (TPSA) is 59.1 Å². The summed E-state index contributed by atoms with van der Waals surface area (Å²) in [5, 5.41) is 6.47. The summed E-state index contributed by atoms with van der Waals surface area (Å²) in [6.45, 7) is 5.26. The van der Waals surface area contributed by atoms with E-state index in [1.165, 1.54) is 0 Å². The third kappa shape index (κ3) is 3.39.